The summed E-state index contributed by atoms with van der Waals surface area (Å²) in [6.07, 6.45) is 4.14. The van der Waals surface area contributed by atoms with Gasteiger partial charge in [0.05, 0.1) is 12.2 Å². The van der Waals surface area contributed by atoms with Crippen molar-refractivity contribution in [2.75, 3.05) is 26.2 Å². The normalized spacial score (nSPS) is 18.5. The molecule has 0 radical (unpaired) electrons. The molecule has 1 aromatic carbocycles. The third-order valence-corrected chi connectivity index (χ3v) is 4.27. The Kier molecular flexibility index (Phi) is 6.21. The highest BCUT2D eigenvalue weighted by atomic mass is 16.3. The van der Waals surface area contributed by atoms with Crippen molar-refractivity contribution in [1.82, 2.24) is 10.2 Å². The lowest BCUT2D eigenvalue weighted by molar-refractivity contribution is 0.0949. The van der Waals surface area contributed by atoms with Gasteiger partial charge in [0, 0.05) is 12.6 Å². The van der Waals surface area contributed by atoms with E-state index < -0.39 is 0 Å². The third-order valence-electron chi connectivity index (χ3n) is 4.27. The number of aromatic hydroxyl groups is 1. The van der Waals surface area contributed by atoms with E-state index in [4.69, 9.17) is 0 Å². The molecule has 1 atom stereocenters. The largest absolute Gasteiger partial charge is 0.507 e. The van der Waals surface area contributed by atoms with Gasteiger partial charge in [-0.2, -0.15) is 0 Å². The number of hydrogen-bond donors (Lipinski definition) is 3. The average Bonchev–Trinajstić information content (AvgIpc) is 2.94. The van der Waals surface area contributed by atoms with Gasteiger partial charge in [0.1, 0.15) is 5.75 Å². The highest BCUT2D eigenvalue weighted by Crippen LogP contribution is 2.18. The number of nitrogens with one attached hydrogen (secondary N) is 1. The van der Waals surface area contributed by atoms with Crippen LogP contribution in [0.5, 0.6) is 5.75 Å². The molecule has 3 N–H and O–H groups in total. The van der Waals surface area contributed by atoms with Crippen LogP contribution in [0.15, 0.2) is 18.2 Å². The zero-order chi connectivity index (χ0) is 15.9. The standard InChI is InChI=1S/C17H26N2O3/c1-13-6-7-15(16(21)11-13)17(22)18-8-2-3-9-19-10-4-5-14(19)12-20/h6-7,11,14,20-21H,2-5,8-10,12H2,1H3,(H,18,22). The fourth-order valence-corrected chi connectivity index (χ4v) is 2.97. The summed E-state index contributed by atoms with van der Waals surface area (Å²) >= 11 is 0. The van der Waals surface area contributed by atoms with Crippen LogP contribution in [0.4, 0.5) is 0 Å². The van der Waals surface area contributed by atoms with Crippen molar-refractivity contribution in [2.24, 2.45) is 0 Å². The van der Waals surface area contributed by atoms with Gasteiger partial charge < -0.3 is 15.5 Å². The molecule has 2 rings (SSSR count). The van der Waals surface area contributed by atoms with Crippen LogP contribution in [0.2, 0.25) is 0 Å². The van der Waals surface area contributed by atoms with Crippen LogP contribution in [-0.4, -0.2) is 53.3 Å². The molecule has 5 nitrogen and oxygen atoms in total. The smallest absolute Gasteiger partial charge is 0.255 e. The van der Waals surface area contributed by atoms with Crippen molar-refractivity contribution in [3.63, 3.8) is 0 Å². The number of benzene rings is 1. The van der Waals surface area contributed by atoms with Crippen LogP contribution in [-0.2, 0) is 0 Å². The Morgan fingerprint density at radius 1 is 1.41 bits per heavy atom. The van der Waals surface area contributed by atoms with Crippen molar-refractivity contribution in [3.05, 3.63) is 29.3 Å². The Hall–Kier alpha value is -1.59. The number of carbonyl (C=O) groups excluding carboxylic acids is 1. The molecule has 1 aromatic rings. The molecule has 1 aliphatic heterocycles. The van der Waals surface area contributed by atoms with E-state index >= 15 is 0 Å². The maximum absolute atomic E-state index is 12.0. The molecule has 5 heteroatoms. The molecule has 0 spiro atoms. The first kappa shape index (κ1) is 16.8. The molecule has 1 saturated heterocycles. The second-order valence-corrected chi connectivity index (χ2v) is 6.00. The summed E-state index contributed by atoms with van der Waals surface area (Å²) in [4.78, 5) is 14.3. The minimum Gasteiger partial charge on any atom is -0.507 e. The van der Waals surface area contributed by atoms with Gasteiger partial charge in [0.2, 0.25) is 0 Å². The van der Waals surface area contributed by atoms with Crippen molar-refractivity contribution < 1.29 is 15.0 Å². The van der Waals surface area contributed by atoms with E-state index in [0.717, 1.165) is 44.3 Å². The minimum atomic E-state index is -0.230. The lowest BCUT2D eigenvalue weighted by Gasteiger charge is -2.22. The van der Waals surface area contributed by atoms with Gasteiger partial charge >= 0.3 is 0 Å². The van der Waals surface area contributed by atoms with Gasteiger partial charge in [-0.15, -0.1) is 0 Å². The molecule has 1 aliphatic rings. The molecular weight excluding hydrogens is 280 g/mol. The summed E-state index contributed by atoms with van der Waals surface area (Å²) in [5, 5.41) is 21.9. The van der Waals surface area contributed by atoms with E-state index in [1.807, 2.05) is 13.0 Å². The molecule has 0 saturated carbocycles. The van der Waals surface area contributed by atoms with Crippen LogP contribution in [0, 0.1) is 6.92 Å². The molecule has 0 aromatic heterocycles. The maximum atomic E-state index is 12.0. The number of amides is 1. The van der Waals surface area contributed by atoms with Gasteiger partial charge in [-0.1, -0.05) is 6.07 Å². The van der Waals surface area contributed by atoms with E-state index in [1.165, 1.54) is 0 Å². The molecule has 22 heavy (non-hydrogen) atoms. The Morgan fingerprint density at radius 3 is 2.95 bits per heavy atom. The number of unbranched alkanes of at least 4 members (excludes halogenated alkanes) is 1. The van der Waals surface area contributed by atoms with Crippen LogP contribution in [0.25, 0.3) is 0 Å². The quantitative estimate of drug-likeness (QED) is 0.670. The van der Waals surface area contributed by atoms with Crippen LogP contribution < -0.4 is 5.32 Å². The lowest BCUT2D eigenvalue weighted by Crippen LogP contribution is -2.33. The van der Waals surface area contributed by atoms with Crippen molar-refractivity contribution in [1.29, 1.82) is 0 Å². The predicted octanol–water partition coefficient (Wildman–Crippen LogP) is 1.67. The van der Waals surface area contributed by atoms with Gasteiger partial charge in [0.25, 0.3) is 5.91 Å². The summed E-state index contributed by atoms with van der Waals surface area (Å²) in [5.74, 6) is -0.202. The number of likely N-dealkylation sites (tertiary alicyclic amines) is 1. The number of phenols is 1. The molecule has 1 amide bonds. The summed E-state index contributed by atoms with van der Waals surface area (Å²) in [7, 11) is 0. The zero-order valence-corrected chi connectivity index (χ0v) is 13.2. The monoisotopic (exact) mass is 306 g/mol. The predicted molar refractivity (Wildman–Crippen MR) is 86.1 cm³/mol. The minimum absolute atomic E-state index is 0.0281. The fourth-order valence-electron chi connectivity index (χ4n) is 2.97. The van der Waals surface area contributed by atoms with Gasteiger partial charge in [-0.3, -0.25) is 9.69 Å². The second-order valence-electron chi connectivity index (χ2n) is 6.00. The van der Waals surface area contributed by atoms with Gasteiger partial charge in [0.15, 0.2) is 0 Å². The summed E-state index contributed by atoms with van der Waals surface area (Å²) in [6, 6.07) is 5.38. The van der Waals surface area contributed by atoms with Crippen molar-refractivity contribution in [3.8, 4) is 5.75 Å². The SMILES string of the molecule is Cc1ccc(C(=O)NCCCCN2CCCC2CO)c(O)c1. The number of aryl methyl sites for hydroxylation is 1. The Morgan fingerprint density at radius 2 is 2.23 bits per heavy atom. The maximum Gasteiger partial charge on any atom is 0.255 e. The van der Waals surface area contributed by atoms with Crippen LogP contribution in [0.3, 0.4) is 0 Å². The number of carbonyl (C=O) groups is 1. The average molecular weight is 306 g/mol. The summed E-state index contributed by atoms with van der Waals surface area (Å²) in [6.45, 7) is 4.75. The van der Waals surface area contributed by atoms with Crippen LogP contribution >= 0.6 is 0 Å². The highest BCUT2D eigenvalue weighted by Gasteiger charge is 2.22. The van der Waals surface area contributed by atoms with Gasteiger partial charge in [-0.25, -0.2) is 0 Å². The second kappa shape index (κ2) is 8.15. The number of phenolic OH excluding ortho intramolecular Hbond substituents is 1. The first-order valence-corrected chi connectivity index (χ1v) is 8.04. The lowest BCUT2D eigenvalue weighted by atomic mass is 10.1. The van der Waals surface area contributed by atoms with Crippen molar-refractivity contribution >= 4 is 5.91 Å². The number of rotatable bonds is 7. The third kappa shape index (κ3) is 4.45. The van der Waals surface area contributed by atoms with Crippen LogP contribution in [0.1, 0.15) is 41.6 Å². The van der Waals surface area contributed by atoms with Crippen molar-refractivity contribution in [2.45, 2.75) is 38.6 Å². The number of nitrogens with zero attached hydrogens (tertiary/aromatic N) is 1. The summed E-state index contributed by atoms with van der Waals surface area (Å²) < 4.78 is 0. The van der Waals surface area contributed by atoms with E-state index in [1.54, 1.807) is 12.1 Å². The first-order chi connectivity index (χ1) is 10.6. The zero-order valence-electron chi connectivity index (χ0n) is 13.2. The van der Waals surface area contributed by atoms with E-state index in [2.05, 4.69) is 10.2 Å². The number of aliphatic hydroxyl groups is 1. The Bertz CT molecular complexity index is 505. The summed E-state index contributed by atoms with van der Waals surface area (Å²) in [5.41, 5.74) is 1.25. The molecule has 1 fully saturated rings. The molecule has 0 bridgehead atoms. The highest BCUT2D eigenvalue weighted by molar-refractivity contribution is 5.96. The molecule has 122 valence electrons. The topological polar surface area (TPSA) is 72.8 Å². The number of hydrogen-bond acceptors (Lipinski definition) is 4. The van der Waals surface area contributed by atoms with E-state index in [9.17, 15) is 15.0 Å². The molecule has 1 unspecified atom stereocenters. The molecule has 0 aliphatic carbocycles. The molecular formula is C17H26N2O3. The van der Waals surface area contributed by atoms with E-state index in [0.29, 0.717) is 18.2 Å². The number of aliphatic hydroxyl groups excluding tert-OH is 1. The van der Waals surface area contributed by atoms with E-state index in [-0.39, 0.29) is 18.3 Å². The molecule has 1 heterocycles. The fraction of sp³-hybridized carbons (Fsp3) is 0.588. The Labute approximate surface area is 131 Å². The first-order valence-electron chi connectivity index (χ1n) is 8.04. The Balaban J connectivity index is 1.67. The van der Waals surface area contributed by atoms with Gasteiger partial charge in [-0.05, 0) is 63.4 Å².